The topological polar surface area (TPSA) is 78.8 Å². The number of carbonyl (C=O) groups excluding carboxylic acids is 2. The molecule has 0 N–H and O–H groups in total. The molecule has 5 nitrogen and oxygen atoms in total. The number of ether oxygens (including phenoxy) is 1. The fourth-order valence-corrected chi connectivity index (χ4v) is 0.551. The highest BCUT2D eigenvalue weighted by Crippen LogP contribution is 2.07. The molecule has 0 saturated carbocycles. The van der Waals surface area contributed by atoms with E-state index in [9.17, 15) is 14.7 Å². The molecule has 0 amide bonds. The van der Waals surface area contributed by atoms with Gasteiger partial charge in [0, 0.05) is 0 Å². The van der Waals surface area contributed by atoms with Crippen LogP contribution in [0.5, 0.6) is 0 Å². The highest BCUT2D eigenvalue weighted by atomic mass is 16.5. The van der Waals surface area contributed by atoms with Crippen molar-refractivity contribution in [3.63, 3.8) is 0 Å². The number of hydrogen-bond acceptors (Lipinski definition) is 5. The first kappa shape index (κ1) is 11.8. The second kappa shape index (κ2) is 4.74. The van der Waals surface area contributed by atoms with Crippen molar-refractivity contribution in [1.29, 1.82) is 0 Å². The molecule has 1 atom stereocenters. The monoisotopic (exact) mass is 186 g/mol. The fraction of sp³-hybridized carbons (Fsp3) is 0.750. The molecule has 0 bridgehead atoms. The molecule has 0 aliphatic heterocycles. The molecule has 0 rings (SSSR count). The Morgan fingerprint density at radius 1 is 1.62 bits per heavy atom. The number of rotatable bonds is 4. The molecule has 0 aliphatic rings. The molecule has 0 radical (unpaired) electrons. The van der Waals surface area contributed by atoms with Gasteiger partial charge in [0.25, 0.3) is 0 Å². The smallest absolute Gasteiger partial charge is 0.235 e. The first-order valence-electron chi connectivity index (χ1n) is 3.78. The minimum absolute atomic E-state index is 0.179. The Morgan fingerprint density at radius 3 is 2.46 bits per heavy atom. The normalized spacial score (nSPS) is 13.2. The molecule has 0 aromatic heterocycles. The fourth-order valence-electron chi connectivity index (χ4n) is 0.551. The number of carboxylic acids is 1. The van der Waals surface area contributed by atoms with E-state index in [1.807, 2.05) is 0 Å². The van der Waals surface area contributed by atoms with E-state index in [4.69, 9.17) is 4.74 Å². The molecule has 0 saturated heterocycles. The summed E-state index contributed by atoms with van der Waals surface area (Å²) < 4.78 is 5.11. The van der Waals surface area contributed by atoms with Crippen LogP contribution in [0.3, 0.4) is 0 Å². The van der Waals surface area contributed by atoms with Gasteiger partial charge in [-0.3, -0.25) is 0 Å². The molecular formula is C8H12NO4-. The zero-order valence-electron chi connectivity index (χ0n) is 7.86. The molecule has 0 fully saturated rings. The molecule has 5 heteroatoms. The molecule has 0 spiro atoms. The number of hydrogen-bond donors (Lipinski definition) is 0. The van der Waals surface area contributed by atoms with Gasteiger partial charge >= 0.3 is 0 Å². The van der Waals surface area contributed by atoms with Crippen molar-refractivity contribution >= 4 is 12.0 Å². The molecule has 0 unspecified atom stereocenters. The van der Waals surface area contributed by atoms with Crippen LogP contribution in [0.1, 0.15) is 20.8 Å². The lowest BCUT2D eigenvalue weighted by atomic mass is 10.2. The van der Waals surface area contributed by atoms with Crippen molar-refractivity contribution in [1.82, 2.24) is 0 Å². The van der Waals surface area contributed by atoms with Crippen molar-refractivity contribution in [3.8, 4) is 0 Å². The van der Waals surface area contributed by atoms with Crippen molar-refractivity contribution < 1.29 is 19.4 Å². The van der Waals surface area contributed by atoms with Crippen LogP contribution >= 0.6 is 0 Å². The zero-order valence-corrected chi connectivity index (χ0v) is 7.86. The first-order valence-corrected chi connectivity index (χ1v) is 3.78. The average Bonchev–Trinajstić information content (AvgIpc) is 1.95. The van der Waals surface area contributed by atoms with E-state index in [-0.39, 0.29) is 6.61 Å². The largest absolute Gasteiger partial charge is 0.548 e. The van der Waals surface area contributed by atoms with E-state index in [0.29, 0.717) is 0 Å². The summed E-state index contributed by atoms with van der Waals surface area (Å²) in [4.78, 5) is 23.2. The molecule has 74 valence electrons. The molecule has 0 aromatic rings. The Bertz CT molecular complexity index is 223. The number of carboxylic acid groups (broad SMARTS) is 1. The van der Waals surface area contributed by atoms with Crippen LogP contribution in [0.4, 0.5) is 0 Å². The SMILES string of the molecule is CC(C)(C)OC[C@H](N=C=O)C(=O)[O-]. The lowest BCUT2D eigenvalue weighted by Crippen LogP contribution is -2.39. The summed E-state index contributed by atoms with van der Waals surface area (Å²) in [6.07, 6.45) is 1.16. The number of aliphatic imine (C=N–C) groups is 1. The third-order valence-corrected chi connectivity index (χ3v) is 1.15. The van der Waals surface area contributed by atoms with E-state index in [1.54, 1.807) is 20.8 Å². The Hall–Kier alpha value is -1.19. The molecular weight excluding hydrogens is 174 g/mol. The highest BCUT2D eigenvalue weighted by molar-refractivity contribution is 5.72. The number of nitrogens with zero attached hydrogens (tertiary/aromatic N) is 1. The van der Waals surface area contributed by atoms with Gasteiger partial charge < -0.3 is 14.6 Å². The van der Waals surface area contributed by atoms with E-state index < -0.39 is 17.6 Å². The van der Waals surface area contributed by atoms with Gasteiger partial charge in [-0.05, 0) is 20.8 Å². The molecule has 0 heterocycles. The third kappa shape index (κ3) is 6.02. The summed E-state index contributed by atoms with van der Waals surface area (Å²) in [6, 6.07) is -1.27. The summed E-state index contributed by atoms with van der Waals surface area (Å²) >= 11 is 0. The van der Waals surface area contributed by atoms with Gasteiger partial charge in [-0.2, -0.15) is 4.99 Å². The van der Waals surface area contributed by atoms with Crippen LogP contribution in [0.25, 0.3) is 0 Å². The van der Waals surface area contributed by atoms with Crippen molar-refractivity contribution in [3.05, 3.63) is 0 Å². The van der Waals surface area contributed by atoms with Crippen LogP contribution in [-0.2, 0) is 14.3 Å². The summed E-state index contributed by atoms with van der Waals surface area (Å²) in [6.45, 7) is 5.12. The Balaban J connectivity index is 4.13. The number of aliphatic carboxylic acids is 1. The molecule has 0 aromatic carbocycles. The van der Waals surface area contributed by atoms with Crippen LogP contribution < -0.4 is 5.11 Å². The second-order valence-electron chi connectivity index (χ2n) is 3.48. The van der Waals surface area contributed by atoms with Crippen molar-refractivity contribution in [2.45, 2.75) is 32.4 Å². The first-order chi connectivity index (χ1) is 5.87. The highest BCUT2D eigenvalue weighted by Gasteiger charge is 2.15. The maximum Gasteiger partial charge on any atom is 0.235 e. The van der Waals surface area contributed by atoms with Gasteiger partial charge in [-0.1, -0.05) is 0 Å². The van der Waals surface area contributed by atoms with Crippen LogP contribution in [0.2, 0.25) is 0 Å². The predicted octanol–water partition coefficient (Wildman–Crippen LogP) is -0.744. The maximum atomic E-state index is 10.3. The standard InChI is InChI=1S/C8H13NO4/c1-8(2,3)13-4-6(7(11)12)9-5-10/h6H,4H2,1-3H3,(H,11,12)/p-1/t6-/m0/s1. The molecule has 0 aliphatic carbocycles. The Morgan fingerprint density at radius 2 is 2.15 bits per heavy atom. The van der Waals surface area contributed by atoms with Gasteiger partial charge in [-0.15, -0.1) is 0 Å². The third-order valence-electron chi connectivity index (χ3n) is 1.15. The maximum absolute atomic E-state index is 10.3. The Kier molecular flexibility index (Phi) is 4.31. The molecule has 13 heavy (non-hydrogen) atoms. The van der Waals surface area contributed by atoms with Crippen molar-refractivity contribution in [2.75, 3.05) is 6.61 Å². The van der Waals surface area contributed by atoms with Crippen molar-refractivity contribution in [2.24, 2.45) is 4.99 Å². The van der Waals surface area contributed by atoms with E-state index in [0.717, 1.165) is 6.08 Å². The minimum atomic E-state index is -1.44. The predicted molar refractivity (Wildman–Crippen MR) is 42.6 cm³/mol. The summed E-state index contributed by atoms with van der Waals surface area (Å²) in [5.41, 5.74) is -0.466. The Labute approximate surface area is 76.4 Å². The quantitative estimate of drug-likeness (QED) is 0.427. The van der Waals surface area contributed by atoms with Gasteiger partial charge in [0.2, 0.25) is 6.08 Å². The summed E-state index contributed by atoms with van der Waals surface area (Å²) in [7, 11) is 0. The average molecular weight is 186 g/mol. The zero-order chi connectivity index (χ0) is 10.5. The lowest BCUT2D eigenvalue weighted by Gasteiger charge is -2.22. The lowest BCUT2D eigenvalue weighted by molar-refractivity contribution is -0.308. The summed E-state index contributed by atoms with van der Waals surface area (Å²) in [5.74, 6) is -1.44. The van der Waals surface area contributed by atoms with E-state index >= 15 is 0 Å². The van der Waals surface area contributed by atoms with Crippen LogP contribution in [-0.4, -0.2) is 30.3 Å². The van der Waals surface area contributed by atoms with Gasteiger partial charge in [0.15, 0.2) is 0 Å². The van der Waals surface area contributed by atoms with Gasteiger partial charge in [0.05, 0.1) is 18.2 Å². The van der Waals surface area contributed by atoms with Gasteiger partial charge in [0.1, 0.15) is 6.04 Å². The number of carbonyl (C=O) groups is 1. The number of isocyanates is 1. The van der Waals surface area contributed by atoms with Gasteiger partial charge in [-0.25, -0.2) is 4.79 Å². The van der Waals surface area contributed by atoms with Crippen LogP contribution in [0, 0.1) is 0 Å². The minimum Gasteiger partial charge on any atom is -0.548 e. The van der Waals surface area contributed by atoms with E-state index in [1.165, 1.54) is 0 Å². The van der Waals surface area contributed by atoms with E-state index in [2.05, 4.69) is 4.99 Å². The summed E-state index contributed by atoms with van der Waals surface area (Å²) in [5, 5.41) is 10.3. The van der Waals surface area contributed by atoms with Crippen LogP contribution in [0.15, 0.2) is 4.99 Å². The second-order valence-corrected chi connectivity index (χ2v) is 3.48.